The second kappa shape index (κ2) is 2.32. The second-order valence-corrected chi connectivity index (χ2v) is 5.95. The minimum absolute atomic E-state index is 0.875. The van der Waals surface area contributed by atoms with E-state index in [2.05, 4.69) is 20.8 Å². The molecule has 3 rings (SSSR count). The van der Waals surface area contributed by atoms with Gasteiger partial charge in [0, 0.05) is 0 Å². The lowest BCUT2D eigenvalue weighted by Crippen LogP contribution is -2.06. The van der Waals surface area contributed by atoms with Gasteiger partial charge >= 0.3 is 0 Å². The summed E-state index contributed by atoms with van der Waals surface area (Å²) in [7, 11) is 0. The molecule has 0 aromatic carbocycles. The smallest absolute Gasteiger partial charge is 0.0204 e. The molecule has 0 radical (unpaired) electrons. The largest absolute Gasteiger partial charge is 0.0651 e. The van der Waals surface area contributed by atoms with Gasteiger partial charge in [-0.3, -0.25) is 0 Å². The van der Waals surface area contributed by atoms with Gasteiger partial charge in [0.2, 0.25) is 0 Å². The maximum Gasteiger partial charge on any atom is -0.0204 e. The van der Waals surface area contributed by atoms with Crippen LogP contribution in [0.25, 0.3) is 0 Å². The summed E-state index contributed by atoms with van der Waals surface area (Å²) >= 11 is 0. The van der Waals surface area contributed by atoms with Crippen molar-refractivity contribution >= 4 is 0 Å². The van der Waals surface area contributed by atoms with Crippen molar-refractivity contribution in [2.24, 2.45) is 35.0 Å². The normalized spacial score (nSPS) is 63.5. The summed E-state index contributed by atoms with van der Waals surface area (Å²) in [5.74, 6) is 5.54. The molecule has 0 aliphatic heterocycles. The third-order valence-electron chi connectivity index (χ3n) is 5.68. The van der Waals surface area contributed by atoms with Gasteiger partial charge in [-0.05, 0) is 54.3 Å². The van der Waals surface area contributed by atoms with Gasteiger partial charge in [-0.1, -0.05) is 27.2 Å². The average molecular weight is 178 g/mol. The predicted octanol–water partition coefficient (Wildman–Crippen LogP) is 3.71. The second-order valence-electron chi connectivity index (χ2n) is 5.95. The fraction of sp³-hybridized carbons (Fsp3) is 1.00. The first-order valence-electron chi connectivity index (χ1n) is 6.21. The molecule has 0 nitrogen and oxygen atoms in total. The van der Waals surface area contributed by atoms with Crippen molar-refractivity contribution in [2.45, 2.75) is 46.5 Å². The zero-order valence-electron chi connectivity index (χ0n) is 9.22. The molecule has 6 atom stereocenters. The predicted molar refractivity (Wildman–Crippen MR) is 55.4 cm³/mol. The fourth-order valence-corrected chi connectivity index (χ4v) is 4.89. The van der Waals surface area contributed by atoms with Gasteiger partial charge in [-0.15, -0.1) is 0 Å². The molecule has 0 aromatic rings. The Labute approximate surface area is 82.1 Å². The quantitative estimate of drug-likeness (QED) is 0.604. The van der Waals surface area contributed by atoms with Gasteiger partial charge < -0.3 is 0 Å². The topological polar surface area (TPSA) is 0 Å². The molecule has 0 heterocycles. The van der Waals surface area contributed by atoms with Gasteiger partial charge in [0.15, 0.2) is 0 Å². The fourth-order valence-electron chi connectivity index (χ4n) is 4.89. The summed E-state index contributed by atoms with van der Waals surface area (Å²) in [5, 5.41) is 0. The average Bonchev–Trinajstić information content (AvgIpc) is 2.95. The first kappa shape index (κ1) is 8.32. The summed E-state index contributed by atoms with van der Waals surface area (Å²) in [5.41, 5.74) is 0.875. The van der Waals surface area contributed by atoms with Crippen LogP contribution in [-0.4, -0.2) is 0 Å². The lowest BCUT2D eigenvalue weighted by atomic mass is 9.92. The van der Waals surface area contributed by atoms with Crippen molar-refractivity contribution in [1.82, 2.24) is 0 Å². The van der Waals surface area contributed by atoms with E-state index in [4.69, 9.17) is 0 Å². The van der Waals surface area contributed by atoms with Crippen LogP contribution in [0.3, 0.4) is 0 Å². The molecule has 0 amide bonds. The van der Waals surface area contributed by atoms with Crippen molar-refractivity contribution in [1.29, 1.82) is 0 Å². The maximum absolute atomic E-state index is 2.52. The van der Waals surface area contributed by atoms with Crippen LogP contribution in [0, 0.1) is 35.0 Å². The summed E-state index contributed by atoms with van der Waals surface area (Å²) in [6, 6.07) is 0. The van der Waals surface area contributed by atoms with E-state index in [1.165, 1.54) is 12.8 Å². The van der Waals surface area contributed by atoms with E-state index in [1.807, 2.05) is 0 Å². The molecular formula is C13H22. The van der Waals surface area contributed by atoms with Crippen molar-refractivity contribution in [3.05, 3.63) is 0 Å². The highest BCUT2D eigenvalue weighted by atomic mass is 14.8. The molecule has 0 spiro atoms. The molecule has 74 valence electrons. The highest BCUT2D eigenvalue weighted by Crippen LogP contribution is 2.79. The monoisotopic (exact) mass is 178 g/mol. The number of hydrogen-bond acceptors (Lipinski definition) is 0. The van der Waals surface area contributed by atoms with Crippen molar-refractivity contribution in [3.63, 3.8) is 0 Å². The Morgan fingerprint density at radius 3 is 2.54 bits per heavy atom. The van der Waals surface area contributed by atoms with Crippen LogP contribution in [0.1, 0.15) is 46.5 Å². The maximum atomic E-state index is 2.52. The van der Waals surface area contributed by atoms with E-state index in [0.29, 0.717) is 0 Å². The first-order valence-corrected chi connectivity index (χ1v) is 6.21. The van der Waals surface area contributed by atoms with Gasteiger partial charge in [0.25, 0.3) is 0 Å². The summed E-state index contributed by atoms with van der Waals surface area (Å²) < 4.78 is 0. The van der Waals surface area contributed by atoms with Crippen LogP contribution in [-0.2, 0) is 0 Å². The van der Waals surface area contributed by atoms with Crippen LogP contribution < -0.4 is 0 Å². The van der Waals surface area contributed by atoms with Crippen LogP contribution in [0.2, 0.25) is 0 Å². The van der Waals surface area contributed by atoms with E-state index < -0.39 is 0 Å². The Balaban J connectivity index is 1.78. The number of hydrogen-bond donors (Lipinski definition) is 0. The number of fused-ring (bicyclic) bond motifs is 1. The van der Waals surface area contributed by atoms with Gasteiger partial charge in [-0.25, -0.2) is 0 Å². The van der Waals surface area contributed by atoms with Gasteiger partial charge in [0.1, 0.15) is 0 Å². The molecule has 0 bridgehead atoms. The standard InChI is InChI=1S/C13H22/c1-4-10-7-11(10)13-6-5-8(2)12(13)9(13)3/h8-12H,4-7H2,1-3H3. The lowest BCUT2D eigenvalue weighted by molar-refractivity contribution is 0.361. The summed E-state index contributed by atoms with van der Waals surface area (Å²) in [6.07, 6.45) is 6.12. The SMILES string of the molecule is CCC1CC1C12CCC(C)C1C2C. The van der Waals surface area contributed by atoms with E-state index in [-0.39, 0.29) is 0 Å². The Bertz CT molecular complexity index is 232. The zero-order chi connectivity index (χ0) is 9.22. The Hall–Kier alpha value is 0. The minimum atomic E-state index is 0.875. The third-order valence-corrected chi connectivity index (χ3v) is 5.68. The molecule has 13 heavy (non-hydrogen) atoms. The van der Waals surface area contributed by atoms with E-state index in [1.54, 1.807) is 12.8 Å². The highest BCUT2D eigenvalue weighted by molar-refractivity contribution is 5.21. The van der Waals surface area contributed by atoms with Gasteiger partial charge in [0.05, 0.1) is 0 Å². The molecule has 3 aliphatic rings. The van der Waals surface area contributed by atoms with Crippen LogP contribution in [0.4, 0.5) is 0 Å². The zero-order valence-corrected chi connectivity index (χ0v) is 9.22. The van der Waals surface area contributed by atoms with Crippen LogP contribution in [0.15, 0.2) is 0 Å². The molecule has 0 saturated heterocycles. The van der Waals surface area contributed by atoms with Crippen LogP contribution >= 0.6 is 0 Å². The Morgan fingerprint density at radius 2 is 2.08 bits per heavy atom. The molecule has 6 unspecified atom stereocenters. The van der Waals surface area contributed by atoms with E-state index in [0.717, 1.165) is 35.0 Å². The van der Waals surface area contributed by atoms with Gasteiger partial charge in [-0.2, -0.15) is 0 Å². The lowest BCUT2D eigenvalue weighted by Gasteiger charge is -2.12. The van der Waals surface area contributed by atoms with E-state index >= 15 is 0 Å². The summed E-state index contributed by atoms with van der Waals surface area (Å²) in [6.45, 7) is 7.38. The molecule has 3 aliphatic carbocycles. The Morgan fingerprint density at radius 1 is 1.31 bits per heavy atom. The van der Waals surface area contributed by atoms with Crippen molar-refractivity contribution in [2.75, 3.05) is 0 Å². The highest BCUT2D eigenvalue weighted by Gasteiger charge is 2.73. The van der Waals surface area contributed by atoms with Crippen molar-refractivity contribution in [3.8, 4) is 0 Å². The molecule has 0 heteroatoms. The first-order chi connectivity index (χ1) is 6.21. The third kappa shape index (κ3) is 0.831. The minimum Gasteiger partial charge on any atom is -0.0651 e. The van der Waals surface area contributed by atoms with Crippen LogP contribution in [0.5, 0.6) is 0 Å². The van der Waals surface area contributed by atoms with E-state index in [9.17, 15) is 0 Å². The van der Waals surface area contributed by atoms with Crippen molar-refractivity contribution < 1.29 is 0 Å². The molecule has 3 saturated carbocycles. The molecular weight excluding hydrogens is 156 g/mol. The summed E-state index contributed by atoms with van der Waals surface area (Å²) in [4.78, 5) is 0. The number of rotatable bonds is 2. The molecule has 3 fully saturated rings. The molecule has 0 aromatic heterocycles. The Kier molecular flexibility index (Phi) is 1.49. The molecule has 0 N–H and O–H groups in total.